The van der Waals surface area contributed by atoms with Gasteiger partial charge in [0.2, 0.25) is 5.91 Å². The number of hydrogen-bond acceptors (Lipinski definition) is 2. The van der Waals surface area contributed by atoms with Gasteiger partial charge in [-0.2, -0.15) is 0 Å². The van der Waals surface area contributed by atoms with Crippen molar-refractivity contribution in [1.29, 1.82) is 0 Å². The Morgan fingerprint density at radius 3 is 2.56 bits per heavy atom. The van der Waals surface area contributed by atoms with Gasteiger partial charge in [0.1, 0.15) is 0 Å². The van der Waals surface area contributed by atoms with Gasteiger partial charge in [0.05, 0.1) is 6.54 Å². The molecule has 1 heterocycles. The molecule has 0 atom stereocenters. The van der Waals surface area contributed by atoms with Crippen LogP contribution in [0.25, 0.3) is 10.9 Å². The molecular weight excluding hydrogens is 336 g/mol. The van der Waals surface area contributed by atoms with Crippen LogP contribution in [0.1, 0.15) is 35.6 Å². The molecule has 3 aromatic rings. The predicted octanol–water partition coefficient (Wildman–Crippen LogP) is 4.13. The Bertz CT molecular complexity index is 1020. The highest BCUT2D eigenvalue weighted by molar-refractivity contribution is 5.80. The monoisotopic (exact) mass is 362 g/mol. The van der Waals surface area contributed by atoms with E-state index in [0.717, 1.165) is 22.9 Å². The maximum absolute atomic E-state index is 12.5. The van der Waals surface area contributed by atoms with E-state index in [9.17, 15) is 9.59 Å². The number of hydrogen-bond donors (Lipinski definition) is 1. The molecule has 0 saturated carbocycles. The van der Waals surface area contributed by atoms with E-state index in [1.54, 1.807) is 4.90 Å². The number of benzene rings is 2. The first kappa shape index (κ1) is 18.9. The molecule has 0 fully saturated rings. The smallest absolute Gasteiger partial charge is 0.253 e. The summed E-state index contributed by atoms with van der Waals surface area (Å²) in [5.74, 6) is 0.0623. The van der Waals surface area contributed by atoms with E-state index in [-0.39, 0.29) is 11.5 Å². The van der Waals surface area contributed by atoms with Crippen molar-refractivity contribution in [3.05, 3.63) is 81.1 Å². The van der Waals surface area contributed by atoms with Crippen molar-refractivity contribution in [2.24, 2.45) is 0 Å². The van der Waals surface area contributed by atoms with E-state index < -0.39 is 0 Å². The number of H-pyrrole nitrogens is 1. The number of pyridine rings is 1. The minimum absolute atomic E-state index is 0.0623. The summed E-state index contributed by atoms with van der Waals surface area (Å²) in [6, 6.07) is 16.1. The van der Waals surface area contributed by atoms with Crippen molar-refractivity contribution >= 4 is 16.8 Å². The molecular formula is C23H26N2O2. The Kier molecular flexibility index (Phi) is 5.75. The van der Waals surface area contributed by atoms with Crippen LogP contribution in [-0.4, -0.2) is 22.3 Å². The van der Waals surface area contributed by atoms with Gasteiger partial charge in [-0.3, -0.25) is 9.59 Å². The van der Waals surface area contributed by atoms with Crippen molar-refractivity contribution in [2.45, 2.75) is 40.2 Å². The standard InChI is InChI=1S/C23H26N2O2/c1-4-22(26)25(12-11-18-8-6-5-7-17(18)3)15-20-14-19-13-16(2)9-10-21(19)24-23(20)27/h5-10,13-14H,4,11-12,15H2,1-3H3,(H,24,27). The normalized spacial score (nSPS) is 10.9. The second-order valence-corrected chi connectivity index (χ2v) is 7.06. The number of aromatic nitrogens is 1. The van der Waals surface area contributed by atoms with Gasteiger partial charge >= 0.3 is 0 Å². The Morgan fingerprint density at radius 1 is 1.04 bits per heavy atom. The summed E-state index contributed by atoms with van der Waals surface area (Å²) in [7, 11) is 0. The number of aromatic amines is 1. The third-order valence-electron chi connectivity index (χ3n) is 5.01. The lowest BCUT2D eigenvalue weighted by Crippen LogP contribution is -2.34. The molecule has 0 saturated heterocycles. The molecule has 0 unspecified atom stereocenters. The lowest BCUT2D eigenvalue weighted by Gasteiger charge is -2.22. The topological polar surface area (TPSA) is 53.2 Å². The van der Waals surface area contributed by atoms with E-state index in [1.165, 1.54) is 11.1 Å². The molecule has 0 bridgehead atoms. The van der Waals surface area contributed by atoms with Gasteiger partial charge in [-0.05, 0) is 55.0 Å². The van der Waals surface area contributed by atoms with Crippen molar-refractivity contribution in [3.8, 4) is 0 Å². The third kappa shape index (κ3) is 4.45. The number of amides is 1. The zero-order valence-corrected chi connectivity index (χ0v) is 16.2. The van der Waals surface area contributed by atoms with Gasteiger partial charge in [0.25, 0.3) is 5.56 Å². The van der Waals surface area contributed by atoms with Crippen LogP contribution < -0.4 is 5.56 Å². The molecule has 2 aromatic carbocycles. The van der Waals surface area contributed by atoms with E-state index in [2.05, 4.69) is 24.0 Å². The van der Waals surface area contributed by atoms with Gasteiger partial charge in [-0.25, -0.2) is 0 Å². The Balaban J connectivity index is 1.85. The predicted molar refractivity (Wildman–Crippen MR) is 110 cm³/mol. The molecule has 4 heteroatoms. The van der Waals surface area contributed by atoms with Gasteiger partial charge < -0.3 is 9.88 Å². The van der Waals surface area contributed by atoms with Crippen LogP contribution in [0.4, 0.5) is 0 Å². The number of carbonyl (C=O) groups is 1. The van der Waals surface area contributed by atoms with Crippen LogP contribution in [0.3, 0.4) is 0 Å². The minimum Gasteiger partial charge on any atom is -0.338 e. The second kappa shape index (κ2) is 8.21. The van der Waals surface area contributed by atoms with Gasteiger partial charge in [0.15, 0.2) is 0 Å². The first-order chi connectivity index (χ1) is 13.0. The van der Waals surface area contributed by atoms with Crippen LogP contribution in [0.15, 0.2) is 53.3 Å². The van der Waals surface area contributed by atoms with Gasteiger partial charge in [0, 0.05) is 24.0 Å². The fourth-order valence-corrected chi connectivity index (χ4v) is 3.36. The van der Waals surface area contributed by atoms with Crippen LogP contribution in [0.5, 0.6) is 0 Å². The number of carbonyl (C=O) groups excluding carboxylic acids is 1. The lowest BCUT2D eigenvalue weighted by atomic mass is 10.1. The number of aryl methyl sites for hydroxylation is 2. The molecule has 0 aliphatic rings. The maximum Gasteiger partial charge on any atom is 0.253 e. The van der Waals surface area contributed by atoms with Crippen molar-refractivity contribution in [2.75, 3.05) is 6.54 Å². The summed E-state index contributed by atoms with van der Waals surface area (Å²) >= 11 is 0. The Hall–Kier alpha value is -2.88. The first-order valence-corrected chi connectivity index (χ1v) is 9.42. The molecule has 3 rings (SSSR count). The maximum atomic E-state index is 12.5. The minimum atomic E-state index is -0.129. The fourth-order valence-electron chi connectivity index (χ4n) is 3.36. The molecule has 0 aliphatic heterocycles. The number of fused-ring (bicyclic) bond motifs is 1. The largest absolute Gasteiger partial charge is 0.338 e. The molecule has 1 aromatic heterocycles. The Labute approximate surface area is 159 Å². The highest BCUT2D eigenvalue weighted by atomic mass is 16.2. The van der Waals surface area contributed by atoms with E-state index in [0.29, 0.717) is 25.1 Å². The molecule has 27 heavy (non-hydrogen) atoms. The second-order valence-electron chi connectivity index (χ2n) is 7.06. The summed E-state index contributed by atoms with van der Waals surface area (Å²) < 4.78 is 0. The number of rotatable bonds is 6. The third-order valence-corrected chi connectivity index (χ3v) is 5.01. The summed E-state index contributed by atoms with van der Waals surface area (Å²) in [6.07, 6.45) is 1.21. The molecule has 0 radical (unpaired) electrons. The highest BCUT2D eigenvalue weighted by Gasteiger charge is 2.15. The molecule has 1 N–H and O–H groups in total. The Morgan fingerprint density at radius 2 is 1.81 bits per heavy atom. The zero-order chi connectivity index (χ0) is 19.4. The lowest BCUT2D eigenvalue weighted by molar-refractivity contribution is -0.131. The first-order valence-electron chi connectivity index (χ1n) is 9.42. The van der Waals surface area contributed by atoms with Gasteiger partial charge in [-0.15, -0.1) is 0 Å². The van der Waals surface area contributed by atoms with E-state index >= 15 is 0 Å². The van der Waals surface area contributed by atoms with Crippen molar-refractivity contribution < 1.29 is 4.79 Å². The molecule has 4 nitrogen and oxygen atoms in total. The quantitative estimate of drug-likeness (QED) is 0.717. The molecule has 0 spiro atoms. The summed E-state index contributed by atoms with van der Waals surface area (Å²) in [5.41, 5.74) is 4.91. The fraction of sp³-hybridized carbons (Fsp3) is 0.304. The van der Waals surface area contributed by atoms with Crippen LogP contribution >= 0.6 is 0 Å². The average Bonchev–Trinajstić information content (AvgIpc) is 2.66. The molecule has 140 valence electrons. The highest BCUT2D eigenvalue weighted by Crippen LogP contribution is 2.15. The van der Waals surface area contributed by atoms with Gasteiger partial charge in [-0.1, -0.05) is 42.8 Å². The summed E-state index contributed by atoms with van der Waals surface area (Å²) in [5, 5.41) is 0.993. The van der Waals surface area contributed by atoms with Crippen molar-refractivity contribution in [1.82, 2.24) is 9.88 Å². The summed E-state index contributed by atoms with van der Waals surface area (Å²) in [6.45, 7) is 6.90. The van der Waals surface area contributed by atoms with Crippen LogP contribution in [0.2, 0.25) is 0 Å². The molecule has 1 amide bonds. The molecule has 0 aliphatic carbocycles. The summed E-state index contributed by atoms with van der Waals surface area (Å²) in [4.78, 5) is 29.7. The van der Waals surface area contributed by atoms with E-state index in [4.69, 9.17) is 0 Å². The van der Waals surface area contributed by atoms with E-state index in [1.807, 2.05) is 50.2 Å². The number of nitrogens with one attached hydrogen (secondary N) is 1. The average molecular weight is 362 g/mol. The van der Waals surface area contributed by atoms with Crippen LogP contribution in [0, 0.1) is 13.8 Å². The van der Waals surface area contributed by atoms with Crippen molar-refractivity contribution in [3.63, 3.8) is 0 Å². The van der Waals surface area contributed by atoms with Crippen LogP contribution in [-0.2, 0) is 17.8 Å². The zero-order valence-electron chi connectivity index (χ0n) is 16.2. The number of nitrogens with zero attached hydrogens (tertiary/aromatic N) is 1. The SMILES string of the molecule is CCC(=O)N(CCc1ccccc1C)Cc1cc2cc(C)ccc2[nH]c1=O.